The molecule has 1 aliphatic rings. The minimum atomic E-state index is -0.0464. The van der Waals surface area contributed by atoms with E-state index in [0.29, 0.717) is 0 Å². The van der Waals surface area contributed by atoms with Crippen LogP contribution >= 0.6 is 15.9 Å². The predicted molar refractivity (Wildman–Crippen MR) is 81.3 cm³/mol. The van der Waals surface area contributed by atoms with Gasteiger partial charge in [-0.15, -0.1) is 0 Å². The molecule has 1 unspecified atom stereocenters. The summed E-state index contributed by atoms with van der Waals surface area (Å²) in [6.45, 7) is 1.74. The van der Waals surface area contributed by atoms with Crippen LogP contribution in [0, 0.1) is 0 Å². The van der Waals surface area contributed by atoms with Crippen molar-refractivity contribution >= 4 is 27.5 Å². The molecule has 0 spiro atoms. The number of carbonyl (C=O) groups is 1. The fraction of sp³-hybridized carbons (Fsp3) is 0.500. The Hall–Kier alpha value is -1.07. The summed E-state index contributed by atoms with van der Waals surface area (Å²) in [4.78, 5) is 14.2. The molecule has 1 amide bonds. The van der Waals surface area contributed by atoms with Crippen LogP contribution in [0.25, 0.3) is 0 Å². The lowest BCUT2D eigenvalue weighted by Crippen LogP contribution is -2.42. The highest BCUT2D eigenvalue weighted by atomic mass is 79.9. The first kappa shape index (κ1) is 14.3. The number of benzene rings is 1. The highest BCUT2D eigenvalue weighted by Crippen LogP contribution is 2.31. The summed E-state index contributed by atoms with van der Waals surface area (Å²) in [5.74, 6) is 0.105. The van der Waals surface area contributed by atoms with Crippen molar-refractivity contribution in [2.75, 3.05) is 25.5 Å². The molecular formula is C14H20BrN3O. The quantitative estimate of drug-likeness (QED) is 0.888. The number of carbonyl (C=O) groups excluding carboxylic acids is 1. The van der Waals surface area contributed by atoms with E-state index in [4.69, 9.17) is 0 Å². The van der Waals surface area contributed by atoms with Gasteiger partial charge in [-0.2, -0.15) is 0 Å². The minimum absolute atomic E-state index is 0.0464. The van der Waals surface area contributed by atoms with Crippen LogP contribution in [-0.2, 0) is 11.3 Å². The van der Waals surface area contributed by atoms with Crippen molar-refractivity contribution in [3.05, 3.63) is 28.2 Å². The molecule has 1 atom stereocenters. The van der Waals surface area contributed by atoms with Crippen molar-refractivity contribution in [1.29, 1.82) is 0 Å². The molecule has 1 aliphatic heterocycles. The molecule has 104 valence electrons. The van der Waals surface area contributed by atoms with Gasteiger partial charge in [0.15, 0.2) is 0 Å². The van der Waals surface area contributed by atoms with Gasteiger partial charge in [0, 0.05) is 30.3 Å². The zero-order chi connectivity index (χ0) is 13.8. The molecule has 0 bridgehead atoms. The second kappa shape index (κ2) is 6.39. The number of hydrogen-bond donors (Lipinski definition) is 2. The highest BCUT2D eigenvalue weighted by Gasteiger charge is 2.31. The first-order valence-electron chi connectivity index (χ1n) is 6.58. The van der Waals surface area contributed by atoms with E-state index in [1.54, 1.807) is 7.05 Å². The van der Waals surface area contributed by atoms with Crippen LogP contribution in [0.4, 0.5) is 5.69 Å². The third kappa shape index (κ3) is 3.09. The van der Waals surface area contributed by atoms with E-state index in [1.807, 2.05) is 13.1 Å². The zero-order valence-electron chi connectivity index (χ0n) is 11.4. The van der Waals surface area contributed by atoms with Gasteiger partial charge in [0.25, 0.3) is 0 Å². The van der Waals surface area contributed by atoms with Crippen LogP contribution in [0.5, 0.6) is 0 Å². The van der Waals surface area contributed by atoms with E-state index >= 15 is 0 Å². The van der Waals surface area contributed by atoms with Crippen LogP contribution < -0.4 is 15.5 Å². The molecule has 0 saturated carbocycles. The number of rotatable bonds is 4. The number of nitrogens with zero attached hydrogens (tertiary/aromatic N) is 1. The number of halogens is 1. The van der Waals surface area contributed by atoms with Crippen molar-refractivity contribution in [2.45, 2.75) is 25.4 Å². The Morgan fingerprint density at radius 1 is 1.47 bits per heavy atom. The van der Waals surface area contributed by atoms with Gasteiger partial charge in [-0.3, -0.25) is 4.79 Å². The number of likely N-dealkylation sites (N-methyl/N-ethyl adjacent to an activating group) is 1. The smallest absolute Gasteiger partial charge is 0.242 e. The molecule has 1 aromatic rings. The van der Waals surface area contributed by atoms with Crippen LogP contribution in [0.15, 0.2) is 22.7 Å². The third-order valence-electron chi connectivity index (χ3n) is 3.53. The van der Waals surface area contributed by atoms with E-state index in [-0.39, 0.29) is 11.9 Å². The summed E-state index contributed by atoms with van der Waals surface area (Å²) in [6, 6.07) is 6.21. The molecule has 0 aromatic heterocycles. The Kier molecular flexibility index (Phi) is 4.82. The topological polar surface area (TPSA) is 44.4 Å². The minimum Gasteiger partial charge on any atom is -0.359 e. The Morgan fingerprint density at radius 2 is 2.26 bits per heavy atom. The lowest BCUT2D eigenvalue weighted by molar-refractivity contribution is -0.121. The molecule has 19 heavy (non-hydrogen) atoms. The second-order valence-corrected chi connectivity index (χ2v) is 5.68. The first-order chi connectivity index (χ1) is 9.17. The monoisotopic (exact) mass is 325 g/mol. The Bertz CT molecular complexity index is 464. The largest absolute Gasteiger partial charge is 0.359 e. The summed E-state index contributed by atoms with van der Waals surface area (Å²) < 4.78 is 1.05. The second-order valence-electron chi connectivity index (χ2n) is 4.77. The van der Waals surface area contributed by atoms with Crippen LogP contribution in [0.3, 0.4) is 0 Å². The average Bonchev–Trinajstić information content (AvgIpc) is 2.89. The number of hydrogen-bond acceptors (Lipinski definition) is 3. The molecule has 1 fully saturated rings. The summed E-state index contributed by atoms with van der Waals surface area (Å²) in [6.07, 6.45) is 1.98. The van der Waals surface area contributed by atoms with Gasteiger partial charge in [0.05, 0.1) is 0 Å². The van der Waals surface area contributed by atoms with Crippen molar-refractivity contribution in [3.8, 4) is 0 Å². The van der Waals surface area contributed by atoms with E-state index in [0.717, 1.165) is 36.1 Å². The molecule has 1 saturated heterocycles. The fourth-order valence-electron chi connectivity index (χ4n) is 2.64. The van der Waals surface area contributed by atoms with E-state index < -0.39 is 0 Å². The van der Waals surface area contributed by atoms with Crippen molar-refractivity contribution in [3.63, 3.8) is 0 Å². The van der Waals surface area contributed by atoms with E-state index in [1.165, 1.54) is 5.56 Å². The van der Waals surface area contributed by atoms with Crippen molar-refractivity contribution < 1.29 is 4.79 Å². The zero-order valence-corrected chi connectivity index (χ0v) is 13.0. The molecule has 2 rings (SSSR count). The first-order valence-corrected chi connectivity index (χ1v) is 7.38. The summed E-state index contributed by atoms with van der Waals surface area (Å²) in [7, 11) is 3.64. The van der Waals surface area contributed by atoms with Gasteiger partial charge >= 0.3 is 0 Å². The van der Waals surface area contributed by atoms with Crippen LogP contribution in [0.2, 0.25) is 0 Å². The molecule has 1 aromatic carbocycles. The molecule has 1 heterocycles. The number of nitrogens with one attached hydrogen (secondary N) is 2. The van der Waals surface area contributed by atoms with Gasteiger partial charge in [0.1, 0.15) is 6.04 Å². The Balaban J connectivity index is 2.33. The maximum absolute atomic E-state index is 12.0. The average molecular weight is 326 g/mol. The standard InChI is InChI=1S/C14H20BrN3O/c1-16-9-10-5-6-11(15)8-13(10)18-7-3-4-12(18)14(19)17-2/h5-6,8,12,16H,3-4,7,9H2,1-2H3,(H,17,19). The van der Waals surface area contributed by atoms with Gasteiger partial charge in [-0.1, -0.05) is 22.0 Å². The highest BCUT2D eigenvalue weighted by molar-refractivity contribution is 9.10. The fourth-order valence-corrected chi connectivity index (χ4v) is 2.99. The molecule has 4 nitrogen and oxygen atoms in total. The summed E-state index contributed by atoms with van der Waals surface area (Å²) in [5, 5.41) is 5.95. The molecule has 2 N–H and O–H groups in total. The van der Waals surface area contributed by atoms with Crippen molar-refractivity contribution in [2.24, 2.45) is 0 Å². The number of amides is 1. The Labute approximate surface area is 122 Å². The van der Waals surface area contributed by atoms with Gasteiger partial charge in [-0.05, 0) is 37.6 Å². The van der Waals surface area contributed by atoms with Crippen LogP contribution in [-0.4, -0.2) is 32.6 Å². The lowest BCUT2D eigenvalue weighted by atomic mass is 10.1. The normalized spacial score (nSPS) is 18.7. The SMILES string of the molecule is CNCc1ccc(Br)cc1N1CCCC1C(=O)NC. The molecule has 0 aliphatic carbocycles. The third-order valence-corrected chi connectivity index (χ3v) is 4.02. The van der Waals surface area contributed by atoms with Gasteiger partial charge in [-0.25, -0.2) is 0 Å². The van der Waals surface area contributed by atoms with Gasteiger partial charge in [0.2, 0.25) is 5.91 Å². The molecular weight excluding hydrogens is 306 g/mol. The summed E-state index contributed by atoms with van der Waals surface area (Å²) in [5.41, 5.74) is 2.37. The Morgan fingerprint density at radius 3 is 2.95 bits per heavy atom. The predicted octanol–water partition coefficient (Wildman–Crippen LogP) is 1.88. The maximum atomic E-state index is 12.0. The van der Waals surface area contributed by atoms with Crippen LogP contribution in [0.1, 0.15) is 18.4 Å². The van der Waals surface area contributed by atoms with E-state index in [2.05, 4.69) is 43.6 Å². The van der Waals surface area contributed by atoms with Gasteiger partial charge < -0.3 is 15.5 Å². The molecule has 5 heteroatoms. The van der Waals surface area contributed by atoms with E-state index in [9.17, 15) is 4.79 Å². The number of anilines is 1. The molecule has 0 radical (unpaired) electrons. The lowest BCUT2D eigenvalue weighted by Gasteiger charge is -2.28. The van der Waals surface area contributed by atoms with Crippen molar-refractivity contribution in [1.82, 2.24) is 10.6 Å². The maximum Gasteiger partial charge on any atom is 0.242 e. The summed E-state index contributed by atoms with van der Waals surface area (Å²) >= 11 is 3.52.